The molecule has 1 aromatic heterocycles. The Hall–Kier alpha value is -1.89. The number of nitriles is 1. The van der Waals surface area contributed by atoms with Gasteiger partial charge in [0, 0.05) is 31.4 Å². The van der Waals surface area contributed by atoms with E-state index in [1.54, 1.807) is 12.4 Å². The molecule has 0 unspecified atom stereocenters. The molecule has 1 aromatic rings. The molecule has 2 fully saturated rings. The monoisotopic (exact) mass is 283 g/mol. The van der Waals surface area contributed by atoms with Crippen LogP contribution in [0.1, 0.15) is 37.7 Å². The zero-order chi connectivity index (χ0) is 14.7. The van der Waals surface area contributed by atoms with Crippen LogP contribution in [-0.4, -0.2) is 22.3 Å². The van der Waals surface area contributed by atoms with E-state index in [2.05, 4.69) is 11.1 Å². The summed E-state index contributed by atoms with van der Waals surface area (Å²) in [5.74, 6) is 1.79. The molecule has 2 aliphatic carbocycles. The third-order valence-corrected chi connectivity index (χ3v) is 4.96. The first kappa shape index (κ1) is 14.1. The van der Waals surface area contributed by atoms with Crippen molar-refractivity contribution >= 4 is 5.91 Å². The minimum atomic E-state index is 0.194. The van der Waals surface area contributed by atoms with E-state index >= 15 is 0 Å². The van der Waals surface area contributed by atoms with Crippen molar-refractivity contribution in [2.24, 2.45) is 17.8 Å². The Balaban J connectivity index is 1.69. The Morgan fingerprint density at radius 2 is 2.33 bits per heavy atom. The van der Waals surface area contributed by atoms with Crippen LogP contribution in [0.5, 0.6) is 0 Å². The lowest BCUT2D eigenvalue weighted by atomic mass is 9.87. The molecule has 0 N–H and O–H groups in total. The number of pyridine rings is 1. The Bertz CT molecular complexity index is 537. The molecule has 0 aliphatic heterocycles. The van der Waals surface area contributed by atoms with Gasteiger partial charge in [0.15, 0.2) is 0 Å². The van der Waals surface area contributed by atoms with Gasteiger partial charge < -0.3 is 4.90 Å². The predicted molar refractivity (Wildman–Crippen MR) is 78.8 cm³/mol. The van der Waals surface area contributed by atoms with E-state index < -0.39 is 0 Å². The van der Waals surface area contributed by atoms with E-state index in [1.165, 1.54) is 19.3 Å². The number of rotatable bonds is 5. The summed E-state index contributed by atoms with van der Waals surface area (Å²) in [6.07, 6.45) is 8.73. The van der Waals surface area contributed by atoms with Crippen molar-refractivity contribution in [1.82, 2.24) is 9.88 Å². The normalized spacial score (nSPS) is 26.5. The van der Waals surface area contributed by atoms with E-state index in [1.807, 2.05) is 17.0 Å². The van der Waals surface area contributed by atoms with Crippen LogP contribution in [0, 0.1) is 29.1 Å². The first-order valence-electron chi connectivity index (χ1n) is 7.82. The predicted octanol–water partition coefficient (Wildman–Crippen LogP) is 2.76. The van der Waals surface area contributed by atoms with Gasteiger partial charge >= 0.3 is 0 Å². The molecule has 3 rings (SSSR count). The average molecular weight is 283 g/mol. The fourth-order valence-corrected chi connectivity index (χ4v) is 3.95. The van der Waals surface area contributed by atoms with Crippen LogP contribution in [0.3, 0.4) is 0 Å². The van der Waals surface area contributed by atoms with Crippen LogP contribution in [-0.2, 0) is 11.3 Å². The van der Waals surface area contributed by atoms with Gasteiger partial charge in [-0.25, -0.2) is 0 Å². The highest BCUT2D eigenvalue weighted by molar-refractivity contribution is 5.79. The largest absolute Gasteiger partial charge is 0.337 e. The minimum absolute atomic E-state index is 0.194. The number of nitrogens with zero attached hydrogens (tertiary/aromatic N) is 3. The highest BCUT2D eigenvalue weighted by Gasteiger charge is 2.44. The second-order valence-electron chi connectivity index (χ2n) is 6.31. The first-order chi connectivity index (χ1) is 10.3. The first-order valence-corrected chi connectivity index (χ1v) is 7.82. The van der Waals surface area contributed by atoms with E-state index in [4.69, 9.17) is 5.26 Å². The van der Waals surface area contributed by atoms with Crippen LogP contribution in [0.4, 0.5) is 0 Å². The lowest BCUT2D eigenvalue weighted by Crippen LogP contribution is -2.38. The summed E-state index contributed by atoms with van der Waals surface area (Å²) in [4.78, 5) is 18.8. The van der Waals surface area contributed by atoms with Gasteiger partial charge in [0.2, 0.25) is 5.91 Å². The van der Waals surface area contributed by atoms with Crippen LogP contribution >= 0.6 is 0 Å². The fraction of sp³-hybridized carbons (Fsp3) is 0.588. The number of hydrogen-bond acceptors (Lipinski definition) is 3. The van der Waals surface area contributed by atoms with Gasteiger partial charge in [-0.15, -0.1) is 0 Å². The fourth-order valence-electron chi connectivity index (χ4n) is 3.95. The van der Waals surface area contributed by atoms with E-state index in [0.29, 0.717) is 25.4 Å². The molecule has 1 amide bonds. The molecular weight excluding hydrogens is 262 g/mol. The third kappa shape index (κ3) is 3.07. The van der Waals surface area contributed by atoms with Crippen molar-refractivity contribution in [3.63, 3.8) is 0 Å². The minimum Gasteiger partial charge on any atom is -0.337 e. The zero-order valence-electron chi connectivity index (χ0n) is 12.2. The van der Waals surface area contributed by atoms with Crippen molar-refractivity contribution in [3.05, 3.63) is 30.1 Å². The molecule has 2 aliphatic rings. The maximum absolute atomic E-state index is 12.8. The van der Waals surface area contributed by atoms with Crippen molar-refractivity contribution in [2.75, 3.05) is 6.54 Å². The Morgan fingerprint density at radius 1 is 1.43 bits per heavy atom. The molecule has 21 heavy (non-hydrogen) atoms. The molecule has 0 saturated heterocycles. The molecule has 3 atom stereocenters. The molecular formula is C17H21N3O. The maximum atomic E-state index is 12.8. The smallest absolute Gasteiger partial charge is 0.226 e. The number of carbonyl (C=O) groups is 1. The molecule has 0 radical (unpaired) electrons. The lowest BCUT2D eigenvalue weighted by molar-refractivity contribution is -0.137. The zero-order valence-corrected chi connectivity index (χ0v) is 12.2. The quantitative estimate of drug-likeness (QED) is 0.835. The van der Waals surface area contributed by atoms with E-state index in [9.17, 15) is 4.79 Å². The Kier molecular flexibility index (Phi) is 4.19. The Labute approximate surface area is 125 Å². The van der Waals surface area contributed by atoms with Gasteiger partial charge in [-0.1, -0.05) is 12.5 Å². The van der Waals surface area contributed by atoms with E-state index in [-0.39, 0.29) is 11.8 Å². The molecule has 110 valence electrons. The van der Waals surface area contributed by atoms with Crippen LogP contribution in [0.2, 0.25) is 0 Å². The van der Waals surface area contributed by atoms with Crippen LogP contribution < -0.4 is 0 Å². The number of aromatic nitrogens is 1. The van der Waals surface area contributed by atoms with Crippen molar-refractivity contribution < 1.29 is 4.79 Å². The molecule has 1 heterocycles. The summed E-state index contributed by atoms with van der Waals surface area (Å²) >= 11 is 0. The highest BCUT2D eigenvalue weighted by Crippen LogP contribution is 2.48. The van der Waals surface area contributed by atoms with Gasteiger partial charge in [-0.2, -0.15) is 5.26 Å². The topological polar surface area (TPSA) is 57.0 Å². The van der Waals surface area contributed by atoms with Gasteiger partial charge in [-0.3, -0.25) is 9.78 Å². The van der Waals surface area contributed by atoms with Gasteiger partial charge in [0.1, 0.15) is 0 Å². The van der Waals surface area contributed by atoms with Gasteiger partial charge in [-0.05, 0) is 42.7 Å². The van der Waals surface area contributed by atoms with E-state index in [0.717, 1.165) is 17.9 Å². The second-order valence-corrected chi connectivity index (χ2v) is 6.31. The molecule has 0 spiro atoms. The van der Waals surface area contributed by atoms with Crippen molar-refractivity contribution in [3.8, 4) is 6.07 Å². The summed E-state index contributed by atoms with van der Waals surface area (Å²) in [5.41, 5.74) is 1.03. The molecule has 0 aromatic carbocycles. The molecule has 2 saturated carbocycles. The summed E-state index contributed by atoms with van der Waals surface area (Å²) in [5, 5.41) is 8.83. The van der Waals surface area contributed by atoms with Gasteiger partial charge in [0.25, 0.3) is 0 Å². The Morgan fingerprint density at radius 3 is 2.95 bits per heavy atom. The maximum Gasteiger partial charge on any atom is 0.226 e. The number of fused-ring (bicyclic) bond motifs is 2. The van der Waals surface area contributed by atoms with Crippen molar-refractivity contribution in [1.29, 1.82) is 5.26 Å². The SMILES string of the molecule is N#CCCN(Cc1cccnc1)C(=O)[C@H]1C[C@H]2CC[C@H]1C2. The summed E-state index contributed by atoms with van der Waals surface area (Å²) in [6, 6.07) is 6.03. The van der Waals surface area contributed by atoms with Crippen molar-refractivity contribution in [2.45, 2.75) is 38.6 Å². The lowest BCUT2D eigenvalue weighted by Gasteiger charge is -2.29. The molecule has 4 heteroatoms. The molecule has 2 bridgehead atoms. The second kappa shape index (κ2) is 6.26. The summed E-state index contributed by atoms with van der Waals surface area (Å²) < 4.78 is 0. The highest BCUT2D eigenvalue weighted by atomic mass is 16.2. The van der Waals surface area contributed by atoms with Crippen LogP contribution in [0.25, 0.3) is 0 Å². The van der Waals surface area contributed by atoms with Crippen LogP contribution in [0.15, 0.2) is 24.5 Å². The number of hydrogen-bond donors (Lipinski definition) is 0. The standard InChI is InChI=1S/C17H21N3O/c18-6-2-8-20(12-14-3-1-7-19-11-14)17(21)16-10-13-4-5-15(16)9-13/h1,3,7,11,13,15-16H,2,4-5,8-10,12H2/t13-,15-,16-/m0/s1. The number of carbonyl (C=O) groups excluding carboxylic acids is 1. The third-order valence-electron chi connectivity index (χ3n) is 4.96. The van der Waals surface area contributed by atoms with Gasteiger partial charge in [0.05, 0.1) is 12.5 Å². The average Bonchev–Trinajstić information content (AvgIpc) is 3.14. The molecule has 4 nitrogen and oxygen atoms in total. The summed E-state index contributed by atoms with van der Waals surface area (Å²) in [7, 11) is 0. The summed E-state index contributed by atoms with van der Waals surface area (Å²) in [6.45, 7) is 1.10. The number of amides is 1.